The predicted octanol–water partition coefficient (Wildman–Crippen LogP) is 1.94. The van der Waals surface area contributed by atoms with Gasteiger partial charge in [0.1, 0.15) is 0 Å². The Kier molecular flexibility index (Phi) is 4.95. The maximum Gasteiger partial charge on any atom is 0.243 e. The molecule has 0 radical (unpaired) electrons. The minimum absolute atomic E-state index is 0.137. The largest absolute Gasteiger partial charge is 0.392 e. The Morgan fingerprint density at radius 2 is 2.14 bits per heavy atom. The Morgan fingerprint density at radius 1 is 1.48 bits per heavy atom. The molecule has 7 heteroatoms. The number of sulfonamides is 1. The van der Waals surface area contributed by atoms with E-state index in [1.54, 1.807) is 20.0 Å². The van der Waals surface area contributed by atoms with E-state index in [1.165, 1.54) is 10.4 Å². The molecule has 1 heterocycles. The fourth-order valence-corrected chi connectivity index (χ4v) is 4.71. The number of hydrogen-bond acceptors (Lipinski definition) is 4. The summed E-state index contributed by atoms with van der Waals surface area (Å²) in [4.78, 5) is 0.139. The molecule has 1 aromatic carbocycles. The highest BCUT2D eigenvalue weighted by atomic mass is 35.5. The number of likely N-dealkylation sites (N-methyl/N-ethyl adjacent to an activating group) is 1. The maximum absolute atomic E-state index is 12.8. The van der Waals surface area contributed by atoms with Crippen LogP contribution in [0, 0.1) is 6.92 Å². The molecule has 0 aromatic heterocycles. The number of rotatable bonds is 4. The summed E-state index contributed by atoms with van der Waals surface area (Å²) in [5.41, 5.74) is 1.05. The smallest absolute Gasteiger partial charge is 0.243 e. The monoisotopic (exact) mass is 333 g/mol. The van der Waals surface area contributed by atoms with Crippen LogP contribution in [0.1, 0.15) is 24.5 Å². The van der Waals surface area contributed by atoms with Crippen molar-refractivity contribution in [3.63, 3.8) is 0 Å². The normalized spacial score (nSPS) is 23.0. The number of nitrogens with zero attached hydrogens (tertiary/aromatic N) is 1. The van der Waals surface area contributed by atoms with Gasteiger partial charge in [-0.1, -0.05) is 11.6 Å². The summed E-state index contributed by atoms with van der Waals surface area (Å²) >= 11 is 5.98. The van der Waals surface area contributed by atoms with Gasteiger partial charge >= 0.3 is 0 Å². The van der Waals surface area contributed by atoms with Gasteiger partial charge in [0.05, 0.1) is 23.6 Å². The minimum atomic E-state index is -3.68. The lowest BCUT2D eigenvalue weighted by Crippen LogP contribution is -2.41. The zero-order valence-electron chi connectivity index (χ0n) is 12.3. The first kappa shape index (κ1) is 16.7. The fourth-order valence-electron chi connectivity index (χ4n) is 2.67. The molecule has 0 spiro atoms. The van der Waals surface area contributed by atoms with Crippen LogP contribution in [0.2, 0.25) is 5.02 Å². The number of hydrogen-bond donors (Lipinski definition) is 1. The standard InChI is InChI=1S/C14H20ClNO4S/c1-9-11(8-17)6-12(15)7-14(9)21(18,19)16(3)13-4-5-20-10(13)2/h6-7,10,13,17H,4-5,8H2,1-3H3. The molecule has 1 aliphatic heterocycles. The molecule has 5 nitrogen and oxygen atoms in total. The van der Waals surface area contributed by atoms with E-state index >= 15 is 0 Å². The van der Waals surface area contributed by atoms with Crippen LogP contribution in [0.3, 0.4) is 0 Å². The van der Waals surface area contributed by atoms with E-state index in [4.69, 9.17) is 16.3 Å². The second-order valence-corrected chi connectivity index (χ2v) is 7.70. The van der Waals surface area contributed by atoms with Crippen LogP contribution in [0.25, 0.3) is 0 Å². The fraction of sp³-hybridized carbons (Fsp3) is 0.571. The summed E-state index contributed by atoms with van der Waals surface area (Å²) in [6.45, 7) is 3.86. The van der Waals surface area contributed by atoms with Gasteiger partial charge in [-0.25, -0.2) is 8.42 Å². The quantitative estimate of drug-likeness (QED) is 0.914. The van der Waals surface area contributed by atoms with Crippen LogP contribution in [-0.2, 0) is 21.4 Å². The highest BCUT2D eigenvalue weighted by molar-refractivity contribution is 7.89. The van der Waals surface area contributed by atoms with Gasteiger partial charge in [-0.05, 0) is 43.5 Å². The first-order valence-corrected chi connectivity index (χ1v) is 8.60. The summed E-state index contributed by atoms with van der Waals surface area (Å²) in [6.07, 6.45) is 0.533. The van der Waals surface area contributed by atoms with Gasteiger partial charge in [0.25, 0.3) is 0 Å². The Bertz CT molecular complexity index is 632. The van der Waals surface area contributed by atoms with Crippen LogP contribution in [0.4, 0.5) is 0 Å². The van der Waals surface area contributed by atoms with E-state index in [-0.39, 0.29) is 23.6 Å². The molecule has 1 aliphatic rings. The molecule has 1 aromatic rings. The van der Waals surface area contributed by atoms with Crippen LogP contribution in [0.5, 0.6) is 0 Å². The average molecular weight is 334 g/mol. The van der Waals surface area contributed by atoms with Gasteiger partial charge in [0.15, 0.2) is 0 Å². The second kappa shape index (κ2) is 6.22. The van der Waals surface area contributed by atoms with E-state index < -0.39 is 10.0 Å². The maximum atomic E-state index is 12.8. The molecule has 0 aliphatic carbocycles. The first-order valence-electron chi connectivity index (χ1n) is 6.78. The molecular formula is C14H20ClNO4S. The van der Waals surface area contributed by atoms with Crippen molar-refractivity contribution in [1.82, 2.24) is 4.31 Å². The third-order valence-electron chi connectivity index (χ3n) is 4.06. The topological polar surface area (TPSA) is 66.8 Å². The first-order chi connectivity index (χ1) is 9.78. The summed E-state index contributed by atoms with van der Waals surface area (Å²) in [5.74, 6) is 0. The predicted molar refractivity (Wildman–Crippen MR) is 80.9 cm³/mol. The molecule has 2 rings (SSSR count). The van der Waals surface area contributed by atoms with E-state index in [9.17, 15) is 13.5 Å². The Balaban J connectivity index is 2.46. The zero-order valence-corrected chi connectivity index (χ0v) is 13.9. The summed E-state index contributed by atoms with van der Waals surface area (Å²) in [6, 6.07) is 2.82. The molecule has 0 saturated carbocycles. The lowest BCUT2D eigenvalue weighted by molar-refractivity contribution is 0.102. The molecule has 1 fully saturated rings. The van der Waals surface area contributed by atoms with Crippen LogP contribution in [0.15, 0.2) is 17.0 Å². The molecule has 2 unspecified atom stereocenters. The van der Waals surface area contributed by atoms with Gasteiger partial charge in [0.2, 0.25) is 10.0 Å². The average Bonchev–Trinajstić information content (AvgIpc) is 2.85. The van der Waals surface area contributed by atoms with Crippen molar-refractivity contribution in [2.24, 2.45) is 0 Å². The molecule has 0 bridgehead atoms. The number of aliphatic hydroxyl groups is 1. The number of benzene rings is 1. The van der Waals surface area contributed by atoms with Crippen molar-refractivity contribution >= 4 is 21.6 Å². The molecule has 1 N–H and O–H groups in total. The summed E-state index contributed by atoms with van der Waals surface area (Å²) in [5, 5.41) is 9.64. The van der Waals surface area contributed by atoms with Gasteiger partial charge in [0, 0.05) is 18.7 Å². The number of halogens is 1. The highest BCUT2D eigenvalue weighted by Gasteiger charge is 2.36. The molecule has 1 saturated heterocycles. The van der Waals surface area contributed by atoms with Crippen molar-refractivity contribution in [3.05, 3.63) is 28.3 Å². The van der Waals surface area contributed by atoms with Crippen LogP contribution in [-0.4, -0.2) is 43.6 Å². The second-order valence-electron chi connectivity index (χ2n) is 5.30. The van der Waals surface area contributed by atoms with Crippen molar-refractivity contribution < 1.29 is 18.3 Å². The molecule has 118 valence electrons. The molecule has 21 heavy (non-hydrogen) atoms. The zero-order chi connectivity index (χ0) is 15.8. The van der Waals surface area contributed by atoms with Crippen molar-refractivity contribution in [2.45, 2.75) is 43.9 Å². The molecular weight excluding hydrogens is 314 g/mol. The van der Waals surface area contributed by atoms with Gasteiger partial charge < -0.3 is 9.84 Å². The van der Waals surface area contributed by atoms with Gasteiger partial charge in [-0.2, -0.15) is 4.31 Å². The Morgan fingerprint density at radius 3 is 2.67 bits per heavy atom. The Hall–Kier alpha value is -0.660. The van der Waals surface area contributed by atoms with Gasteiger partial charge in [-0.3, -0.25) is 0 Å². The molecule has 0 amide bonds. The third kappa shape index (κ3) is 3.10. The Labute approximate surface area is 130 Å². The van der Waals surface area contributed by atoms with E-state index in [0.29, 0.717) is 29.2 Å². The van der Waals surface area contributed by atoms with Crippen molar-refractivity contribution in [3.8, 4) is 0 Å². The van der Waals surface area contributed by atoms with Crippen LogP contribution >= 0.6 is 11.6 Å². The van der Waals surface area contributed by atoms with E-state index in [1.807, 2.05) is 6.92 Å². The third-order valence-corrected chi connectivity index (χ3v) is 6.29. The highest BCUT2D eigenvalue weighted by Crippen LogP contribution is 2.30. The van der Waals surface area contributed by atoms with Crippen molar-refractivity contribution in [1.29, 1.82) is 0 Å². The van der Waals surface area contributed by atoms with E-state index in [2.05, 4.69) is 0 Å². The van der Waals surface area contributed by atoms with E-state index in [0.717, 1.165) is 0 Å². The van der Waals surface area contributed by atoms with Crippen LogP contribution < -0.4 is 0 Å². The summed E-state index contributed by atoms with van der Waals surface area (Å²) in [7, 11) is -2.12. The number of ether oxygens (including phenoxy) is 1. The van der Waals surface area contributed by atoms with Crippen molar-refractivity contribution in [2.75, 3.05) is 13.7 Å². The van der Waals surface area contributed by atoms with Gasteiger partial charge in [-0.15, -0.1) is 0 Å². The molecule has 2 atom stereocenters. The summed E-state index contributed by atoms with van der Waals surface area (Å²) < 4.78 is 32.5. The lowest BCUT2D eigenvalue weighted by Gasteiger charge is -2.27. The SMILES string of the molecule is Cc1c(CO)cc(Cl)cc1S(=O)(=O)N(C)C1CCOC1C. The lowest BCUT2D eigenvalue weighted by atomic mass is 10.1. The number of aliphatic hydroxyl groups excluding tert-OH is 1. The minimum Gasteiger partial charge on any atom is -0.392 e.